The first-order chi connectivity index (χ1) is 13.3. The average molecular weight is 360 g/mol. The number of hydrogen-bond acceptors (Lipinski definition) is 5. The van der Waals surface area contributed by atoms with E-state index in [9.17, 15) is 5.21 Å². The van der Waals surface area contributed by atoms with E-state index in [0.29, 0.717) is 6.61 Å². The number of nitrogens with zero attached hydrogens (tertiary/aromatic N) is 4. The number of hydrogen-bond donors (Lipinski definition) is 1. The van der Waals surface area contributed by atoms with Crippen LogP contribution in [-0.4, -0.2) is 38.9 Å². The number of oxime groups is 1. The van der Waals surface area contributed by atoms with Crippen LogP contribution in [0.1, 0.15) is 30.0 Å². The van der Waals surface area contributed by atoms with Crippen molar-refractivity contribution in [1.82, 2.24) is 14.8 Å². The zero-order valence-electron chi connectivity index (χ0n) is 14.9. The summed E-state index contributed by atoms with van der Waals surface area (Å²) in [5, 5.41) is 17.5. The molecule has 1 aliphatic carbocycles. The molecule has 2 aliphatic rings. The van der Waals surface area contributed by atoms with Gasteiger partial charge >= 0.3 is 0 Å². The zero-order valence-corrected chi connectivity index (χ0v) is 14.9. The highest BCUT2D eigenvalue weighted by atomic mass is 16.5. The van der Waals surface area contributed by atoms with Gasteiger partial charge in [-0.3, -0.25) is 9.67 Å². The van der Waals surface area contributed by atoms with Gasteiger partial charge in [0.25, 0.3) is 0 Å². The molecule has 136 valence electrons. The largest absolute Gasteiger partial charge is 0.411 e. The van der Waals surface area contributed by atoms with Crippen molar-refractivity contribution in [3.63, 3.8) is 0 Å². The Morgan fingerprint density at radius 3 is 2.74 bits per heavy atom. The summed E-state index contributed by atoms with van der Waals surface area (Å²) in [6.45, 7) is 1.49. The van der Waals surface area contributed by atoms with Crippen LogP contribution < -0.4 is 0 Å². The Hall–Kier alpha value is -2.99. The minimum absolute atomic E-state index is 0.280. The molecule has 0 spiro atoms. The number of aryl methyl sites for hydroxylation is 1. The van der Waals surface area contributed by atoms with Crippen LogP contribution in [0.4, 0.5) is 0 Å². The van der Waals surface area contributed by atoms with Crippen molar-refractivity contribution < 1.29 is 9.94 Å². The lowest BCUT2D eigenvalue weighted by Gasteiger charge is -2.07. The summed E-state index contributed by atoms with van der Waals surface area (Å²) in [6, 6.07) is 10.6. The first-order valence-electron chi connectivity index (χ1n) is 9.25. The molecule has 1 fully saturated rings. The number of aromatic nitrogens is 3. The predicted octanol–water partition coefficient (Wildman–Crippen LogP) is 3.70. The molecule has 3 heterocycles. The van der Waals surface area contributed by atoms with Gasteiger partial charge in [-0.2, -0.15) is 5.10 Å². The van der Waals surface area contributed by atoms with E-state index in [-0.39, 0.29) is 6.04 Å². The van der Waals surface area contributed by atoms with Gasteiger partial charge in [0.1, 0.15) is 5.69 Å². The minimum Gasteiger partial charge on any atom is -0.411 e. The van der Waals surface area contributed by atoms with E-state index < -0.39 is 0 Å². The van der Waals surface area contributed by atoms with Crippen LogP contribution in [0.15, 0.2) is 54.1 Å². The van der Waals surface area contributed by atoms with E-state index in [1.54, 1.807) is 12.4 Å². The van der Waals surface area contributed by atoms with Crippen LogP contribution >= 0.6 is 0 Å². The van der Waals surface area contributed by atoms with Crippen molar-refractivity contribution >= 4 is 5.71 Å². The molecule has 1 aliphatic heterocycles. The maximum atomic E-state index is 9.17. The third kappa shape index (κ3) is 2.82. The van der Waals surface area contributed by atoms with Gasteiger partial charge in [0.05, 0.1) is 18.4 Å². The maximum Gasteiger partial charge on any atom is 0.100 e. The summed E-state index contributed by atoms with van der Waals surface area (Å²) < 4.78 is 7.60. The number of benzene rings is 1. The van der Waals surface area contributed by atoms with Crippen molar-refractivity contribution in [2.75, 3.05) is 13.2 Å². The number of rotatable bonds is 3. The number of ether oxygens (including phenoxy) is 1. The van der Waals surface area contributed by atoms with Crippen LogP contribution in [0.25, 0.3) is 22.4 Å². The lowest BCUT2D eigenvalue weighted by molar-refractivity contribution is 0.184. The van der Waals surface area contributed by atoms with Crippen molar-refractivity contribution in [3.05, 3.63) is 60.0 Å². The summed E-state index contributed by atoms with van der Waals surface area (Å²) in [4.78, 5) is 4.13. The third-order valence-electron chi connectivity index (χ3n) is 5.44. The summed E-state index contributed by atoms with van der Waals surface area (Å²) in [5.41, 5.74) is 7.27. The van der Waals surface area contributed by atoms with Crippen LogP contribution in [0, 0.1) is 0 Å². The van der Waals surface area contributed by atoms with Crippen molar-refractivity contribution in [3.8, 4) is 22.4 Å². The van der Waals surface area contributed by atoms with Gasteiger partial charge in [0.2, 0.25) is 0 Å². The standard InChI is InChI=1S/C21H20N4O2/c26-24-20-4-2-15-11-16(1-3-18(15)20)19-12-25(17-7-10-27-13-17)23-21(19)14-5-8-22-9-6-14/h1,3,5-6,8-9,11-12,17,26H,2,4,7,10,13H2/b24-20+/t17-/m1/s1. The molecule has 0 amide bonds. The lowest BCUT2D eigenvalue weighted by atomic mass is 9.98. The summed E-state index contributed by atoms with van der Waals surface area (Å²) in [6.07, 6.45) is 8.39. The van der Waals surface area contributed by atoms with Crippen LogP contribution in [0.2, 0.25) is 0 Å². The Balaban J connectivity index is 1.63. The molecule has 1 aromatic carbocycles. The predicted molar refractivity (Wildman–Crippen MR) is 102 cm³/mol. The lowest BCUT2D eigenvalue weighted by Crippen LogP contribution is -2.08. The second kappa shape index (κ2) is 6.63. The van der Waals surface area contributed by atoms with Gasteiger partial charge in [0.15, 0.2) is 0 Å². The van der Waals surface area contributed by atoms with E-state index in [1.807, 2.05) is 16.8 Å². The van der Waals surface area contributed by atoms with Crippen molar-refractivity contribution in [2.45, 2.75) is 25.3 Å². The number of pyridine rings is 1. The van der Waals surface area contributed by atoms with Gasteiger partial charge in [-0.1, -0.05) is 23.4 Å². The maximum absolute atomic E-state index is 9.17. The Labute approximate surface area is 157 Å². The van der Waals surface area contributed by atoms with E-state index >= 15 is 0 Å². The van der Waals surface area contributed by atoms with Gasteiger partial charge in [-0.05, 0) is 42.5 Å². The summed E-state index contributed by atoms with van der Waals surface area (Å²) >= 11 is 0. The Morgan fingerprint density at radius 1 is 1.07 bits per heavy atom. The molecule has 6 heteroatoms. The molecular formula is C21H20N4O2. The smallest absolute Gasteiger partial charge is 0.100 e. The highest BCUT2D eigenvalue weighted by Gasteiger charge is 2.23. The fourth-order valence-electron chi connectivity index (χ4n) is 3.98. The molecule has 1 N–H and O–H groups in total. The van der Waals surface area contributed by atoms with Gasteiger partial charge in [-0.15, -0.1) is 0 Å². The van der Waals surface area contributed by atoms with Crippen molar-refractivity contribution in [1.29, 1.82) is 0 Å². The Kier molecular flexibility index (Phi) is 3.98. The SMILES string of the molecule is O/N=C1\CCc2cc(-c3cn([C@@H]4CCOC4)nc3-c3ccncc3)ccc21. The van der Waals surface area contributed by atoms with Crippen LogP contribution in [-0.2, 0) is 11.2 Å². The molecule has 5 rings (SSSR count). The second-order valence-corrected chi connectivity index (χ2v) is 7.04. The number of fused-ring (bicyclic) bond motifs is 1. The molecule has 1 saturated heterocycles. The highest BCUT2D eigenvalue weighted by Crippen LogP contribution is 2.35. The summed E-state index contributed by atoms with van der Waals surface area (Å²) in [7, 11) is 0. The van der Waals surface area contributed by atoms with Gasteiger partial charge < -0.3 is 9.94 Å². The van der Waals surface area contributed by atoms with Gasteiger partial charge in [-0.25, -0.2) is 0 Å². The first-order valence-corrected chi connectivity index (χ1v) is 9.25. The van der Waals surface area contributed by atoms with Crippen LogP contribution in [0.3, 0.4) is 0 Å². The molecular weight excluding hydrogens is 340 g/mol. The fourth-order valence-corrected chi connectivity index (χ4v) is 3.98. The molecule has 1 atom stereocenters. The second-order valence-electron chi connectivity index (χ2n) is 7.04. The monoisotopic (exact) mass is 360 g/mol. The van der Waals surface area contributed by atoms with E-state index in [1.165, 1.54) is 5.56 Å². The normalized spacial score (nSPS) is 20.3. The van der Waals surface area contributed by atoms with E-state index in [4.69, 9.17) is 9.84 Å². The van der Waals surface area contributed by atoms with Crippen LogP contribution in [0.5, 0.6) is 0 Å². The average Bonchev–Trinajstić information content (AvgIpc) is 3.46. The Bertz CT molecular complexity index is 1000. The molecule has 27 heavy (non-hydrogen) atoms. The molecule has 0 unspecified atom stereocenters. The van der Waals surface area contributed by atoms with Gasteiger partial charge in [0, 0.05) is 41.9 Å². The highest BCUT2D eigenvalue weighted by molar-refractivity contribution is 6.04. The molecule has 2 aromatic heterocycles. The topological polar surface area (TPSA) is 72.5 Å². The minimum atomic E-state index is 0.280. The first kappa shape index (κ1) is 16.2. The summed E-state index contributed by atoms with van der Waals surface area (Å²) in [5.74, 6) is 0. The molecule has 6 nitrogen and oxygen atoms in total. The molecule has 0 radical (unpaired) electrons. The Morgan fingerprint density at radius 2 is 1.96 bits per heavy atom. The van der Waals surface area contributed by atoms with E-state index in [2.05, 4.69) is 34.5 Å². The third-order valence-corrected chi connectivity index (χ3v) is 5.44. The van der Waals surface area contributed by atoms with E-state index in [0.717, 1.165) is 59.5 Å². The quantitative estimate of drug-likeness (QED) is 0.571. The van der Waals surface area contributed by atoms with Crippen molar-refractivity contribution in [2.24, 2.45) is 5.16 Å². The zero-order chi connectivity index (χ0) is 18.2. The molecule has 0 saturated carbocycles. The molecule has 0 bridgehead atoms. The molecule has 3 aromatic rings. The fraction of sp³-hybridized carbons (Fsp3) is 0.286.